The van der Waals surface area contributed by atoms with Gasteiger partial charge in [-0.15, -0.1) is 0 Å². The Kier molecular flexibility index (Phi) is 6.28. The fraction of sp³-hybridized carbons (Fsp3) is 0.545. The Labute approximate surface area is 191 Å². The van der Waals surface area contributed by atoms with Gasteiger partial charge < -0.3 is 5.11 Å². The van der Waals surface area contributed by atoms with Crippen LogP contribution < -0.4 is 0 Å². The molecule has 0 aromatic heterocycles. The molecule has 1 aromatic rings. The number of benzene rings is 1. The number of piperidine rings is 1. The van der Waals surface area contributed by atoms with Crippen LogP contribution in [0.1, 0.15) is 42.1 Å². The largest absolute Gasteiger partial charge is 0.416 e. The predicted molar refractivity (Wildman–Crippen MR) is 107 cm³/mol. The zero-order valence-electron chi connectivity index (χ0n) is 18.1. The van der Waals surface area contributed by atoms with Crippen molar-refractivity contribution in [3.63, 3.8) is 0 Å². The Morgan fingerprint density at radius 2 is 1.44 bits per heavy atom. The second-order valence-electron chi connectivity index (χ2n) is 8.76. The van der Waals surface area contributed by atoms with Gasteiger partial charge in [-0.25, -0.2) is 10.0 Å². The molecule has 3 aliphatic heterocycles. The topological polar surface area (TPSA) is 64.1 Å². The van der Waals surface area contributed by atoms with Crippen LogP contribution in [0.4, 0.5) is 26.3 Å². The van der Waals surface area contributed by atoms with Crippen LogP contribution in [0.25, 0.3) is 0 Å². The van der Waals surface area contributed by atoms with E-state index >= 15 is 0 Å². The van der Waals surface area contributed by atoms with E-state index in [9.17, 15) is 41.0 Å². The second kappa shape index (κ2) is 8.65. The highest BCUT2D eigenvalue weighted by atomic mass is 19.4. The fourth-order valence-corrected chi connectivity index (χ4v) is 4.86. The summed E-state index contributed by atoms with van der Waals surface area (Å²) in [6.07, 6.45) is -6.74. The number of hydrogen-bond acceptors (Lipinski definition) is 5. The molecule has 1 N–H and O–H groups in total. The van der Waals surface area contributed by atoms with Crippen molar-refractivity contribution in [3.8, 4) is 0 Å². The van der Waals surface area contributed by atoms with Crippen molar-refractivity contribution >= 4 is 11.8 Å². The van der Waals surface area contributed by atoms with E-state index in [2.05, 4.69) is 0 Å². The number of fused-ring (bicyclic) bond motifs is 1. The van der Waals surface area contributed by atoms with E-state index in [1.165, 1.54) is 24.2 Å². The Hall–Kier alpha value is -2.44. The summed E-state index contributed by atoms with van der Waals surface area (Å²) in [7, 11) is 1.32. The Morgan fingerprint density at radius 3 is 1.97 bits per heavy atom. The van der Waals surface area contributed by atoms with E-state index in [-0.39, 0.29) is 6.07 Å². The average molecular weight is 491 g/mol. The number of amides is 2. The number of halogens is 6. The molecule has 4 rings (SSSR count). The minimum atomic E-state index is -5.06. The molecule has 3 aliphatic rings. The van der Waals surface area contributed by atoms with Crippen LogP contribution in [-0.4, -0.2) is 64.1 Å². The molecule has 0 saturated carbocycles. The quantitative estimate of drug-likeness (QED) is 0.399. The van der Waals surface area contributed by atoms with Crippen molar-refractivity contribution in [1.29, 1.82) is 0 Å². The van der Waals surface area contributed by atoms with Crippen LogP contribution in [0.3, 0.4) is 0 Å². The number of likely N-dealkylation sites (N-methyl/N-ethyl adjacent to an activating group) is 1. The molecule has 2 saturated heterocycles. The van der Waals surface area contributed by atoms with Crippen LogP contribution >= 0.6 is 0 Å². The molecular weight excluding hydrogens is 468 g/mol. The van der Waals surface area contributed by atoms with E-state index in [0.29, 0.717) is 25.2 Å². The van der Waals surface area contributed by atoms with Crippen LogP contribution in [0.5, 0.6) is 0 Å². The van der Waals surface area contributed by atoms with Gasteiger partial charge in [0, 0.05) is 20.1 Å². The standard InChI is InChI=1S/C22H23F6N3O3/c1-29-19(33)15-5-6-16(31(17(15)20(29)34)30-7-3-2-4-8-30)18(32)12-9-13(21(23,24)25)11-14(10-12)22(26,27)28/h5-6,9-11,15-18,32H,2-4,7-8H2,1H3. The van der Waals surface area contributed by atoms with Crippen LogP contribution in [0, 0.1) is 5.92 Å². The first-order valence-corrected chi connectivity index (χ1v) is 10.8. The monoisotopic (exact) mass is 491 g/mol. The van der Waals surface area contributed by atoms with Gasteiger partial charge in [-0.3, -0.25) is 14.5 Å². The molecule has 34 heavy (non-hydrogen) atoms. The SMILES string of the molecule is CN1C(=O)C2C=CC(C(O)c3cc(C(F)(F)F)cc(C(F)(F)F)c3)N(N3CCCCC3)C2C1=O. The molecule has 2 amide bonds. The van der Waals surface area contributed by atoms with E-state index < -0.39 is 65.0 Å². The lowest BCUT2D eigenvalue weighted by atomic mass is 9.89. The molecule has 0 radical (unpaired) electrons. The lowest BCUT2D eigenvalue weighted by molar-refractivity contribution is -0.155. The Bertz CT molecular complexity index is 970. The maximum Gasteiger partial charge on any atom is 0.416 e. The molecular formula is C22H23F6N3O3. The van der Waals surface area contributed by atoms with Gasteiger partial charge in [0.2, 0.25) is 11.8 Å². The maximum absolute atomic E-state index is 13.4. The molecule has 12 heteroatoms. The summed E-state index contributed by atoms with van der Waals surface area (Å²) in [5.41, 5.74) is -3.65. The van der Waals surface area contributed by atoms with Gasteiger partial charge in [0.1, 0.15) is 6.04 Å². The minimum Gasteiger partial charge on any atom is -0.386 e. The average Bonchev–Trinajstić information content (AvgIpc) is 3.01. The van der Waals surface area contributed by atoms with Gasteiger partial charge in [-0.05, 0) is 36.6 Å². The van der Waals surface area contributed by atoms with Crippen molar-refractivity contribution < 1.29 is 41.0 Å². The normalized spacial score (nSPS) is 27.9. The van der Waals surface area contributed by atoms with Gasteiger partial charge in [-0.2, -0.15) is 26.3 Å². The molecule has 0 bridgehead atoms. The molecule has 1 aromatic carbocycles. The summed E-state index contributed by atoms with van der Waals surface area (Å²) in [4.78, 5) is 26.4. The first-order valence-electron chi connectivity index (χ1n) is 10.8. The molecule has 4 unspecified atom stereocenters. The van der Waals surface area contributed by atoms with E-state index in [1.54, 1.807) is 5.01 Å². The molecule has 2 fully saturated rings. The Balaban J connectivity index is 1.79. The van der Waals surface area contributed by atoms with E-state index in [4.69, 9.17) is 0 Å². The van der Waals surface area contributed by atoms with Gasteiger partial charge in [0.15, 0.2) is 0 Å². The third kappa shape index (κ3) is 4.34. The number of carbonyl (C=O) groups excluding carboxylic acids is 2. The number of carbonyl (C=O) groups is 2. The zero-order valence-corrected chi connectivity index (χ0v) is 18.1. The third-order valence-electron chi connectivity index (χ3n) is 6.58. The summed E-state index contributed by atoms with van der Waals surface area (Å²) in [6, 6.07) is -1.20. The maximum atomic E-state index is 13.4. The second-order valence-corrected chi connectivity index (χ2v) is 8.76. The summed E-state index contributed by atoms with van der Waals surface area (Å²) in [5.74, 6) is -1.85. The highest BCUT2D eigenvalue weighted by Gasteiger charge is 2.54. The van der Waals surface area contributed by atoms with Crippen molar-refractivity contribution in [2.75, 3.05) is 20.1 Å². The van der Waals surface area contributed by atoms with Crippen molar-refractivity contribution in [3.05, 3.63) is 47.0 Å². The van der Waals surface area contributed by atoms with E-state index in [1.807, 2.05) is 0 Å². The highest BCUT2D eigenvalue weighted by molar-refractivity contribution is 6.07. The van der Waals surface area contributed by atoms with Crippen LogP contribution in [0.2, 0.25) is 0 Å². The van der Waals surface area contributed by atoms with Gasteiger partial charge in [0.25, 0.3) is 0 Å². The Morgan fingerprint density at radius 1 is 0.882 bits per heavy atom. The number of hydrogen-bond donors (Lipinski definition) is 1. The van der Waals surface area contributed by atoms with Crippen LogP contribution in [0.15, 0.2) is 30.4 Å². The number of aliphatic hydroxyl groups is 1. The smallest absolute Gasteiger partial charge is 0.386 e. The number of imide groups is 1. The first kappa shape index (κ1) is 24.7. The van der Waals surface area contributed by atoms with Gasteiger partial charge in [0.05, 0.1) is 29.2 Å². The van der Waals surface area contributed by atoms with Gasteiger partial charge in [-0.1, -0.05) is 18.6 Å². The first-order chi connectivity index (χ1) is 15.8. The van der Waals surface area contributed by atoms with Crippen LogP contribution in [-0.2, 0) is 21.9 Å². The molecule has 0 aliphatic carbocycles. The third-order valence-corrected chi connectivity index (χ3v) is 6.58. The number of rotatable bonds is 3. The highest BCUT2D eigenvalue weighted by Crippen LogP contribution is 2.41. The summed E-state index contributed by atoms with van der Waals surface area (Å²) in [5, 5.41) is 14.3. The van der Waals surface area contributed by atoms with Crippen molar-refractivity contribution in [1.82, 2.24) is 14.9 Å². The molecule has 186 valence electrons. The lowest BCUT2D eigenvalue weighted by Crippen LogP contribution is -2.61. The minimum absolute atomic E-state index is 0.000508. The van der Waals surface area contributed by atoms with Gasteiger partial charge >= 0.3 is 12.4 Å². The number of nitrogens with zero attached hydrogens (tertiary/aromatic N) is 3. The molecule has 4 atom stereocenters. The predicted octanol–water partition coefficient (Wildman–Crippen LogP) is 3.38. The molecule has 0 spiro atoms. The van der Waals surface area contributed by atoms with Crippen molar-refractivity contribution in [2.24, 2.45) is 5.92 Å². The fourth-order valence-electron chi connectivity index (χ4n) is 4.86. The summed E-state index contributed by atoms with van der Waals surface area (Å²) in [6.45, 7) is 0.948. The summed E-state index contributed by atoms with van der Waals surface area (Å²) < 4.78 is 80.1. The number of alkyl halides is 6. The zero-order chi connectivity index (χ0) is 25.0. The van der Waals surface area contributed by atoms with E-state index in [0.717, 1.165) is 24.2 Å². The molecule has 3 heterocycles. The molecule has 6 nitrogen and oxygen atoms in total. The summed E-state index contributed by atoms with van der Waals surface area (Å²) >= 11 is 0. The number of hydrazine groups is 1. The lowest BCUT2D eigenvalue weighted by Gasteiger charge is -2.47. The number of likely N-dealkylation sites (tertiary alicyclic amines) is 1. The van der Waals surface area contributed by atoms with Crippen molar-refractivity contribution in [2.45, 2.75) is 49.8 Å². The number of aliphatic hydroxyl groups excluding tert-OH is 1.